The lowest BCUT2D eigenvalue weighted by molar-refractivity contribution is 0.602. The second-order valence-corrected chi connectivity index (χ2v) is 8.18. The molecule has 1 aromatic carbocycles. The quantitative estimate of drug-likeness (QED) is 0.690. The molecule has 0 N–H and O–H groups in total. The maximum absolute atomic E-state index is 12.7. The summed E-state index contributed by atoms with van der Waals surface area (Å²) in [4.78, 5) is 26.3. The van der Waals surface area contributed by atoms with Crippen LogP contribution in [0.5, 0.6) is 0 Å². The van der Waals surface area contributed by atoms with Crippen molar-refractivity contribution in [3.8, 4) is 0 Å². The SMILES string of the molecule is Cc1nsc(N2CCN(c3ccc4c(=O)n(CC5CC5)cnc4c3)CC2)n1. The standard InChI is InChI=1S/C19H22N6OS/c1-13-21-19(27-22-13)24-8-6-23(7-9-24)15-4-5-16-17(10-15)20-12-25(18(16)26)11-14-2-3-14/h4-5,10,12,14H,2-3,6-9,11H2,1H3. The number of fused-ring (bicyclic) bond motifs is 1. The Labute approximate surface area is 161 Å². The van der Waals surface area contributed by atoms with Crippen LogP contribution in [0.25, 0.3) is 10.9 Å². The summed E-state index contributed by atoms with van der Waals surface area (Å²) >= 11 is 1.47. The molecule has 0 unspecified atom stereocenters. The highest BCUT2D eigenvalue weighted by Gasteiger charge is 2.23. The van der Waals surface area contributed by atoms with Crippen molar-refractivity contribution in [2.24, 2.45) is 5.92 Å². The molecule has 27 heavy (non-hydrogen) atoms. The van der Waals surface area contributed by atoms with E-state index < -0.39 is 0 Å². The molecule has 0 amide bonds. The van der Waals surface area contributed by atoms with E-state index in [2.05, 4.69) is 30.2 Å². The van der Waals surface area contributed by atoms with Gasteiger partial charge in [-0.15, -0.1) is 0 Å². The van der Waals surface area contributed by atoms with E-state index in [1.807, 2.05) is 19.1 Å². The van der Waals surface area contributed by atoms with Gasteiger partial charge in [-0.1, -0.05) is 0 Å². The zero-order valence-corrected chi connectivity index (χ0v) is 16.2. The van der Waals surface area contributed by atoms with Crippen LogP contribution in [0.1, 0.15) is 18.7 Å². The summed E-state index contributed by atoms with van der Waals surface area (Å²) in [5, 5.41) is 1.72. The first-order valence-electron chi connectivity index (χ1n) is 9.47. The summed E-state index contributed by atoms with van der Waals surface area (Å²) < 4.78 is 6.04. The van der Waals surface area contributed by atoms with Gasteiger partial charge in [0.1, 0.15) is 5.82 Å². The molecule has 140 valence electrons. The van der Waals surface area contributed by atoms with E-state index >= 15 is 0 Å². The molecule has 0 atom stereocenters. The zero-order chi connectivity index (χ0) is 18.4. The van der Waals surface area contributed by atoms with Crippen LogP contribution in [0.4, 0.5) is 10.8 Å². The van der Waals surface area contributed by atoms with Crippen LogP contribution in [0, 0.1) is 12.8 Å². The molecule has 1 aliphatic carbocycles. The second-order valence-electron chi connectivity index (χ2n) is 7.45. The normalized spacial score (nSPS) is 17.7. The van der Waals surface area contributed by atoms with Gasteiger partial charge in [-0.05, 0) is 43.9 Å². The average molecular weight is 382 g/mol. The van der Waals surface area contributed by atoms with E-state index in [0.717, 1.165) is 54.9 Å². The van der Waals surface area contributed by atoms with Crippen molar-refractivity contribution in [3.63, 3.8) is 0 Å². The van der Waals surface area contributed by atoms with Gasteiger partial charge in [0, 0.05) is 49.9 Å². The molecule has 2 aliphatic rings. The molecular formula is C19H22N6OS. The first-order valence-corrected chi connectivity index (χ1v) is 10.2. The smallest absolute Gasteiger partial charge is 0.261 e. The summed E-state index contributed by atoms with van der Waals surface area (Å²) in [6.45, 7) is 6.41. The third-order valence-corrected chi connectivity index (χ3v) is 6.26. The van der Waals surface area contributed by atoms with Crippen LogP contribution in [0.15, 0.2) is 29.3 Å². The summed E-state index contributed by atoms with van der Waals surface area (Å²) in [7, 11) is 0. The van der Waals surface area contributed by atoms with E-state index in [9.17, 15) is 4.79 Å². The molecule has 0 bridgehead atoms. The van der Waals surface area contributed by atoms with Gasteiger partial charge in [-0.2, -0.15) is 4.37 Å². The fraction of sp³-hybridized carbons (Fsp3) is 0.474. The van der Waals surface area contributed by atoms with E-state index in [1.54, 1.807) is 10.9 Å². The van der Waals surface area contributed by atoms with Gasteiger partial charge >= 0.3 is 0 Å². The Morgan fingerprint density at radius 2 is 1.93 bits per heavy atom. The lowest BCUT2D eigenvalue weighted by atomic mass is 10.2. The van der Waals surface area contributed by atoms with Crippen molar-refractivity contribution in [1.29, 1.82) is 0 Å². The molecule has 1 saturated carbocycles. The molecule has 1 aliphatic heterocycles. The van der Waals surface area contributed by atoms with Crippen molar-refractivity contribution in [1.82, 2.24) is 18.9 Å². The van der Waals surface area contributed by atoms with Gasteiger partial charge in [0.2, 0.25) is 5.13 Å². The molecule has 7 nitrogen and oxygen atoms in total. The summed E-state index contributed by atoms with van der Waals surface area (Å²) in [5.74, 6) is 1.50. The van der Waals surface area contributed by atoms with Crippen LogP contribution in [-0.2, 0) is 6.54 Å². The monoisotopic (exact) mass is 382 g/mol. The van der Waals surface area contributed by atoms with Crippen LogP contribution in [-0.4, -0.2) is 45.1 Å². The first-order chi connectivity index (χ1) is 13.2. The number of aryl methyl sites for hydroxylation is 1. The van der Waals surface area contributed by atoms with Gasteiger partial charge in [-0.3, -0.25) is 9.36 Å². The molecular weight excluding hydrogens is 360 g/mol. The highest BCUT2D eigenvalue weighted by Crippen LogP contribution is 2.30. The van der Waals surface area contributed by atoms with Crippen LogP contribution < -0.4 is 15.4 Å². The predicted octanol–water partition coefficient (Wildman–Crippen LogP) is 2.29. The highest BCUT2D eigenvalue weighted by atomic mass is 32.1. The predicted molar refractivity (Wildman–Crippen MR) is 108 cm³/mol. The Hall–Kier alpha value is -2.48. The van der Waals surface area contributed by atoms with Gasteiger partial charge < -0.3 is 9.80 Å². The number of benzene rings is 1. The van der Waals surface area contributed by atoms with Gasteiger partial charge in [0.05, 0.1) is 17.2 Å². The zero-order valence-electron chi connectivity index (χ0n) is 15.3. The number of piperazine rings is 1. The number of aromatic nitrogens is 4. The molecule has 3 aromatic rings. The maximum Gasteiger partial charge on any atom is 0.261 e. The Bertz CT molecular complexity index is 1030. The van der Waals surface area contributed by atoms with Crippen molar-refractivity contribution >= 4 is 33.3 Å². The van der Waals surface area contributed by atoms with E-state index in [1.165, 1.54) is 24.4 Å². The minimum absolute atomic E-state index is 0.0786. The van der Waals surface area contributed by atoms with Crippen molar-refractivity contribution in [2.45, 2.75) is 26.3 Å². The Morgan fingerprint density at radius 1 is 1.15 bits per heavy atom. The molecule has 8 heteroatoms. The van der Waals surface area contributed by atoms with Crippen LogP contribution in [0.3, 0.4) is 0 Å². The van der Waals surface area contributed by atoms with Crippen LogP contribution in [0.2, 0.25) is 0 Å². The van der Waals surface area contributed by atoms with E-state index in [-0.39, 0.29) is 5.56 Å². The number of rotatable bonds is 4. The fourth-order valence-electron chi connectivity index (χ4n) is 3.62. The Morgan fingerprint density at radius 3 is 2.63 bits per heavy atom. The van der Waals surface area contributed by atoms with Crippen LogP contribution >= 0.6 is 11.5 Å². The second kappa shape index (κ2) is 6.60. The molecule has 2 aromatic heterocycles. The summed E-state index contributed by atoms with van der Waals surface area (Å²) in [5.41, 5.74) is 1.99. The van der Waals surface area contributed by atoms with Gasteiger partial charge in [0.25, 0.3) is 5.56 Å². The molecule has 1 saturated heterocycles. The number of nitrogens with zero attached hydrogens (tertiary/aromatic N) is 6. The van der Waals surface area contributed by atoms with Crippen molar-refractivity contribution in [2.75, 3.05) is 36.0 Å². The molecule has 0 spiro atoms. The minimum atomic E-state index is 0.0786. The van der Waals surface area contributed by atoms with E-state index in [0.29, 0.717) is 11.3 Å². The minimum Gasteiger partial charge on any atom is -0.368 e. The Kier molecular flexibility index (Phi) is 4.07. The molecule has 3 heterocycles. The van der Waals surface area contributed by atoms with E-state index in [4.69, 9.17) is 0 Å². The average Bonchev–Trinajstić information content (AvgIpc) is 3.41. The Balaban J connectivity index is 1.34. The lowest BCUT2D eigenvalue weighted by Crippen LogP contribution is -2.46. The van der Waals surface area contributed by atoms with Gasteiger partial charge in [-0.25, -0.2) is 9.97 Å². The summed E-state index contributed by atoms with van der Waals surface area (Å²) in [6.07, 6.45) is 4.17. The number of hydrogen-bond donors (Lipinski definition) is 0. The van der Waals surface area contributed by atoms with Crippen molar-refractivity contribution in [3.05, 3.63) is 40.7 Å². The fourth-order valence-corrected chi connectivity index (χ4v) is 4.35. The maximum atomic E-state index is 12.7. The first kappa shape index (κ1) is 16.7. The molecule has 5 rings (SSSR count). The highest BCUT2D eigenvalue weighted by molar-refractivity contribution is 7.09. The molecule has 2 fully saturated rings. The number of anilines is 2. The largest absolute Gasteiger partial charge is 0.368 e. The van der Waals surface area contributed by atoms with Crippen molar-refractivity contribution < 1.29 is 0 Å². The third-order valence-electron chi connectivity index (χ3n) is 5.39. The van der Waals surface area contributed by atoms with Gasteiger partial charge in [0.15, 0.2) is 0 Å². The topological polar surface area (TPSA) is 67.2 Å². The summed E-state index contributed by atoms with van der Waals surface area (Å²) in [6, 6.07) is 6.03. The number of hydrogen-bond acceptors (Lipinski definition) is 7. The molecule has 0 radical (unpaired) electrons. The lowest BCUT2D eigenvalue weighted by Gasteiger charge is -2.35. The third kappa shape index (κ3) is 3.29.